The Bertz CT molecular complexity index is 1120. The molecule has 0 unspecified atom stereocenters. The van der Waals surface area contributed by atoms with Crippen molar-refractivity contribution >= 4 is 16.8 Å². The number of nitrogens with zero attached hydrogens (tertiary/aromatic N) is 3. The second kappa shape index (κ2) is 12.9. The number of hydrogen-bond acceptors (Lipinski definition) is 7. The van der Waals surface area contributed by atoms with Crippen molar-refractivity contribution in [3.05, 3.63) is 53.9 Å². The van der Waals surface area contributed by atoms with Crippen LogP contribution in [0.5, 0.6) is 17.4 Å². The number of hydrogen-bond donors (Lipinski definition) is 1. The molecule has 1 atom stereocenters. The first-order valence-electron chi connectivity index (χ1n) is 11.9. The molecule has 3 heterocycles. The zero-order valence-electron chi connectivity index (χ0n) is 21.3. The van der Waals surface area contributed by atoms with Crippen LogP contribution in [0.25, 0.3) is 10.9 Å². The molecule has 0 bridgehead atoms. The summed E-state index contributed by atoms with van der Waals surface area (Å²) in [5, 5.41) is 3.71. The number of methoxy groups -OCH3 is 1. The number of fused-ring (bicyclic) bond motifs is 1. The first kappa shape index (κ1) is 26.2. The van der Waals surface area contributed by atoms with Crippen LogP contribution in [0.2, 0.25) is 0 Å². The van der Waals surface area contributed by atoms with Crippen LogP contribution in [0, 0.1) is 19.8 Å². The lowest BCUT2D eigenvalue weighted by atomic mass is 10.1. The molecule has 1 amide bonds. The number of aryl methyl sites for hydroxylation is 2. The van der Waals surface area contributed by atoms with Gasteiger partial charge in [-0.3, -0.25) is 9.78 Å². The van der Waals surface area contributed by atoms with E-state index in [9.17, 15) is 4.79 Å². The Morgan fingerprint density at radius 1 is 1.11 bits per heavy atom. The Hall–Kier alpha value is -3.39. The lowest BCUT2D eigenvalue weighted by Gasteiger charge is -2.13. The minimum atomic E-state index is 0.0947. The number of benzene rings is 1. The number of rotatable bonds is 9. The van der Waals surface area contributed by atoms with E-state index in [2.05, 4.69) is 34.3 Å². The zero-order valence-corrected chi connectivity index (χ0v) is 21.3. The number of ether oxygens (including phenoxy) is 3. The predicted molar refractivity (Wildman–Crippen MR) is 137 cm³/mol. The highest BCUT2D eigenvalue weighted by molar-refractivity contribution is 5.83. The highest BCUT2D eigenvalue weighted by Gasteiger charge is 2.22. The van der Waals surface area contributed by atoms with Crippen LogP contribution in [-0.4, -0.2) is 68.3 Å². The van der Waals surface area contributed by atoms with Crippen LogP contribution in [0.15, 0.2) is 42.6 Å². The molecule has 35 heavy (non-hydrogen) atoms. The summed E-state index contributed by atoms with van der Waals surface area (Å²) in [7, 11) is 5.79. The van der Waals surface area contributed by atoms with Gasteiger partial charge in [0.25, 0.3) is 0 Å². The van der Waals surface area contributed by atoms with Crippen LogP contribution in [0.1, 0.15) is 24.1 Å². The molecule has 2 aromatic heterocycles. The topological polar surface area (TPSA) is 85.8 Å². The minimum absolute atomic E-state index is 0.0947. The van der Waals surface area contributed by atoms with Crippen LogP contribution in [0.4, 0.5) is 0 Å². The second-order valence-corrected chi connectivity index (χ2v) is 8.98. The van der Waals surface area contributed by atoms with Crippen molar-refractivity contribution in [2.45, 2.75) is 26.7 Å². The van der Waals surface area contributed by atoms with Gasteiger partial charge in [0.2, 0.25) is 11.8 Å². The van der Waals surface area contributed by atoms with Crippen molar-refractivity contribution < 1.29 is 19.0 Å². The Kier molecular flexibility index (Phi) is 9.66. The Morgan fingerprint density at radius 2 is 1.94 bits per heavy atom. The van der Waals surface area contributed by atoms with E-state index >= 15 is 0 Å². The summed E-state index contributed by atoms with van der Waals surface area (Å²) in [6.07, 6.45) is 3.30. The third-order valence-corrected chi connectivity index (χ3v) is 5.54. The molecule has 1 fully saturated rings. The van der Waals surface area contributed by atoms with E-state index in [1.165, 1.54) is 5.56 Å². The van der Waals surface area contributed by atoms with Crippen LogP contribution >= 0.6 is 0 Å². The van der Waals surface area contributed by atoms with Crippen molar-refractivity contribution in [3.8, 4) is 17.4 Å². The smallest absolute Gasteiger partial charge is 0.223 e. The molecule has 4 rings (SSSR count). The summed E-state index contributed by atoms with van der Waals surface area (Å²) in [5.74, 6) is 2.55. The van der Waals surface area contributed by atoms with Gasteiger partial charge in [-0.1, -0.05) is 6.07 Å². The first-order valence-corrected chi connectivity index (χ1v) is 11.9. The molecule has 1 saturated heterocycles. The second-order valence-electron chi connectivity index (χ2n) is 8.98. The van der Waals surface area contributed by atoms with Gasteiger partial charge in [-0.15, -0.1) is 0 Å². The standard InChI is InChI=1S/C14H15N3O2.C13H21NO2/c1-9-5-12-11(3-2-4-15-12)14(17-9)19-8-10-6-13(18)16-7-10;1-11-6-7-12(13(10-11)15-4)16-9-5-8-14(2)3/h2-5,10H,6-8H2,1H3,(H,16,18);6-7,10H,5,8-9H2,1-4H3/t10-;/m1./s1. The molecule has 0 aliphatic carbocycles. The summed E-state index contributed by atoms with van der Waals surface area (Å²) in [5.41, 5.74) is 2.94. The molecule has 0 saturated carbocycles. The molecule has 8 heteroatoms. The van der Waals surface area contributed by atoms with Gasteiger partial charge in [-0.05, 0) is 70.3 Å². The van der Waals surface area contributed by atoms with Gasteiger partial charge < -0.3 is 24.4 Å². The summed E-state index contributed by atoms with van der Waals surface area (Å²) >= 11 is 0. The maximum absolute atomic E-state index is 11.1. The van der Waals surface area contributed by atoms with Gasteiger partial charge in [-0.2, -0.15) is 0 Å². The van der Waals surface area contributed by atoms with Crippen molar-refractivity contribution in [1.29, 1.82) is 0 Å². The third kappa shape index (κ3) is 8.10. The van der Waals surface area contributed by atoms with Gasteiger partial charge in [0.1, 0.15) is 0 Å². The maximum Gasteiger partial charge on any atom is 0.223 e. The molecule has 0 spiro atoms. The van der Waals surface area contributed by atoms with E-state index in [0.29, 0.717) is 25.5 Å². The van der Waals surface area contributed by atoms with E-state index in [-0.39, 0.29) is 11.8 Å². The summed E-state index contributed by atoms with van der Waals surface area (Å²) < 4.78 is 16.7. The fraction of sp³-hybridized carbons (Fsp3) is 0.444. The Labute approximate surface area is 207 Å². The number of amides is 1. The van der Waals surface area contributed by atoms with Gasteiger partial charge in [-0.25, -0.2) is 4.98 Å². The van der Waals surface area contributed by atoms with Crippen LogP contribution < -0.4 is 19.5 Å². The number of carbonyl (C=O) groups is 1. The minimum Gasteiger partial charge on any atom is -0.493 e. The molecule has 3 aromatic rings. The average molecular weight is 481 g/mol. The van der Waals surface area contributed by atoms with E-state index in [1.54, 1.807) is 13.3 Å². The largest absolute Gasteiger partial charge is 0.493 e. The van der Waals surface area contributed by atoms with Gasteiger partial charge in [0.05, 0.1) is 31.2 Å². The normalized spacial score (nSPS) is 14.9. The summed E-state index contributed by atoms with van der Waals surface area (Å²) in [6, 6.07) is 11.7. The summed E-state index contributed by atoms with van der Waals surface area (Å²) in [6.45, 7) is 6.89. The quantitative estimate of drug-likeness (QED) is 0.467. The number of carbonyl (C=O) groups excluding carboxylic acids is 1. The van der Waals surface area contributed by atoms with Gasteiger partial charge in [0, 0.05) is 37.3 Å². The number of pyridine rings is 2. The molecule has 188 valence electrons. The van der Waals surface area contributed by atoms with Gasteiger partial charge in [0.15, 0.2) is 11.5 Å². The molecule has 1 aliphatic rings. The fourth-order valence-corrected chi connectivity index (χ4v) is 3.71. The van der Waals surface area contributed by atoms with E-state index < -0.39 is 0 Å². The van der Waals surface area contributed by atoms with E-state index in [0.717, 1.165) is 47.7 Å². The maximum atomic E-state index is 11.1. The molecule has 1 N–H and O–H groups in total. The molecule has 8 nitrogen and oxygen atoms in total. The van der Waals surface area contributed by atoms with E-state index in [4.69, 9.17) is 14.2 Å². The van der Waals surface area contributed by atoms with Crippen molar-refractivity contribution in [2.24, 2.45) is 5.92 Å². The highest BCUT2D eigenvalue weighted by atomic mass is 16.5. The molecule has 1 aliphatic heterocycles. The zero-order chi connectivity index (χ0) is 25.2. The lowest BCUT2D eigenvalue weighted by Crippen LogP contribution is -2.17. The van der Waals surface area contributed by atoms with Crippen molar-refractivity contribution in [3.63, 3.8) is 0 Å². The lowest BCUT2D eigenvalue weighted by molar-refractivity contribution is -0.119. The van der Waals surface area contributed by atoms with Crippen LogP contribution in [0.3, 0.4) is 0 Å². The fourth-order valence-electron chi connectivity index (χ4n) is 3.71. The summed E-state index contributed by atoms with van der Waals surface area (Å²) in [4.78, 5) is 22.0. The van der Waals surface area contributed by atoms with Crippen LogP contribution in [-0.2, 0) is 4.79 Å². The monoisotopic (exact) mass is 480 g/mol. The molecular weight excluding hydrogens is 444 g/mol. The number of nitrogens with one attached hydrogen (secondary N) is 1. The Morgan fingerprint density at radius 3 is 2.66 bits per heavy atom. The average Bonchev–Trinajstić information content (AvgIpc) is 3.26. The Balaban J connectivity index is 0.000000199. The molecule has 1 aromatic carbocycles. The predicted octanol–water partition coefficient (Wildman–Crippen LogP) is 3.79. The first-order chi connectivity index (χ1) is 16.9. The number of aromatic nitrogens is 2. The van der Waals surface area contributed by atoms with Crippen molar-refractivity contribution in [1.82, 2.24) is 20.2 Å². The van der Waals surface area contributed by atoms with Gasteiger partial charge >= 0.3 is 0 Å². The van der Waals surface area contributed by atoms with Crippen molar-refractivity contribution in [2.75, 3.05) is 47.5 Å². The molecular formula is C27H36N4O4. The SMILES string of the molecule is COc1cc(C)ccc1OCCCN(C)C.Cc1cc2ncccc2c(OC[C@H]2CNC(=O)C2)n1. The van der Waals surface area contributed by atoms with E-state index in [1.807, 2.05) is 50.2 Å². The molecule has 0 radical (unpaired) electrons. The third-order valence-electron chi connectivity index (χ3n) is 5.54. The highest BCUT2D eigenvalue weighted by Crippen LogP contribution is 2.28.